The number of aromatic nitrogens is 1. The average Bonchev–Trinajstić information content (AvgIpc) is 3.39. The first-order valence-electron chi connectivity index (χ1n) is 10.9. The fraction of sp³-hybridized carbons (Fsp3) is 0.280. The van der Waals surface area contributed by atoms with E-state index in [-0.39, 0.29) is 35.7 Å². The molecule has 3 aromatic rings. The predicted octanol–water partition coefficient (Wildman–Crippen LogP) is 4.73. The van der Waals surface area contributed by atoms with Crippen LogP contribution in [-0.4, -0.2) is 40.7 Å². The number of thiazole rings is 1. The molecule has 9 heteroatoms. The zero-order chi connectivity index (χ0) is 24.2. The number of aliphatic carboxylic acids is 1. The number of anilines is 1. The van der Waals surface area contributed by atoms with Gasteiger partial charge in [-0.25, -0.2) is 9.78 Å². The number of fused-ring (bicyclic) bond motifs is 3. The van der Waals surface area contributed by atoms with Crippen molar-refractivity contribution in [2.75, 3.05) is 11.9 Å². The van der Waals surface area contributed by atoms with E-state index < -0.39 is 24.0 Å². The Morgan fingerprint density at radius 1 is 1.06 bits per heavy atom. The van der Waals surface area contributed by atoms with Crippen molar-refractivity contribution in [3.05, 3.63) is 70.7 Å². The second-order valence-corrected chi connectivity index (χ2v) is 9.27. The Kier molecular flexibility index (Phi) is 6.93. The number of hydrogen-bond donors (Lipinski definition) is 3. The van der Waals surface area contributed by atoms with Gasteiger partial charge in [0, 0.05) is 17.3 Å². The number of nitrogens with zero attached hydrogens (tertiary/aromatic N) is 1. The van der Waals surface area contributed by atoms with Gasteiger partial charge >= 0.3 is 12.1 Å². The Morgan fingerprint density at radius 2 is 1.68 bits per heavy atom. The van der Waals surface area contributed by atoms with E-state index in [1.165, 1.54) is 5.38 Å². The van der Waals surface area contributed by atoms with Gasteiger partial charge in [-0.3, -0.25) is 14.9 Å². The summed E-state index contributed by atoms with van der Waals surface area (Å²) in [5, 5.41) is 16.0. The number of hydrogen-bond acceptors (Lipinski definition) is 6. The molecule has 34 heavy (non-hydrogen) atoms. The largest absolute Gasteiger partial charge is 0.481 e. The Hall–Kier alpha value is -3.72. The molecule has 0 saturated heterocycles. The van der Waals surface area contributed by atoms with Gasteiger partial charge in [-0.05, 0) is 28.2 Å². The van der Waals surface area contributed by atoms with Crippen LogP contribution in [0.3, 0.4) is 0 Å². The molecule has 3 N–H and O–H groups in total. The van der Waals surface area contributed by atoms with Crippen molar-refractivity contribution < 1.29 is 24.2 Å². The SMILES string of the molecule is CC(C)[C@@H](CC(=O)O)NC(=O)c1csc(NC(=O)OCC2c3ccccc3-c3ccccc32)n1. The fourth-order valence-electron chi connectivity index (χ4n) is 4.04. The van der Waals surface area contributed by atoms with Gasteiger partial charge in [0.15, 0.2) is 5.13 Å². The molecule has 0 spiro atoms. The summed E-state index contributed by atoms with van der Waals surface area (Å²) in [5.74, 6) is -1.60. The number of ether oxygens (including phenoxy) is 1. The molecular weight excluding hydrogens is 454 g/mol. The lowest BCUT2D eigenvalue weighted by Crippen LogP contribution is -2.40. The molecule has 1 aromatic heterocycles. The summed E-state index contributed by atoms with van der Waals surface area (Å²) in [6.45, 7) is 3.84. The number of carboxylic acids is 1. The third-order valence-electron chi connectivity index (χ3n) is 5.81. The highest BCUT2D eigenvalue weighted by atomic mass is 32.1. The lowest BCUT2D eigenvalue weighted by atomic mass is 9.98. The molecule has 0 aliphatic heterocycles. The highest BCUT2D eigenvalue weighted by molar-refractivity contribution is 7.14. The maximum Gasteiger partial charge on any atom is 0.413 e. The minimum atomic E-state index is -0.991. The number of carbonyl (C=O) groups excluding carboxylic acids is 2. The van der Waals surface area contributed by atoms with Crippen LogP contribution in [0.4, 0.5) is 9.93 Å². The number of rotatable bonds is 8. The standard InChI is InChI=1S/C25H25N3O5S/c1-14(2)20(11-22(29)30)26-23(31)21-13-34-24(27-21)28-25(32)33-12-19-17-9-5-3-7-15(17)16-8-4-6-10-18(16)19/h3-10,13-14,19-20H,11-12H2,1-2H3,(H,26,31)(H,29,30)(H,27,28,32)/t20-/m1/s1. The van der Waals surface area contributed by atoms with Crippen molar-refractivity contribution >= 4 is 34.4 Å². The van der Waals surface area contributed by atoms with Crippen LogP contribution in [-0.2, 0) is 9.53 Å². The maximum absolute atomic E-state index is 12.5. The molecule has 4 rings (SSSR count). The van der Waals surface area contributed by atoms with Gasteiger partial charge in [0.05, 0.1) is 6.42 Å². The van der Waals surface area contributed by atoms with Gasteiger partial charge in [-0.1, -0.05) is 62.4 Å². The van der Waals surface area contributed by atoms with E-state index in [1.54, 1.807) is 0 Å². The van der Waals surface area contributed by atoms with E-state index in [4.69, 9.17) is 9.84 Å². The first-order chi connectivity index (χ1) is 16.3. The van der Waals surface area contributed by atoms with Gasteiger partial charge in [0.25, 0.3) is 5.91 Å². The topological polar surface area (TPSA) is 118 Å². The normalized spacial score (nSPS) is 13.1. The molecule has 0 fully saturated rings. The van der Waals surface area contributed by atoms with E-state index in [0.717, 1.165) is 33.6 Å². The molecule has 2 aromatic carbocycles. The minimum Gasteiger partial charge on any atom is -0.481 e. The highest BCUT2D eigenvalue weighted by Gasteiger charge is 2.29. The molecule has 176 valence electrons. The Bertz CT molecular complexity index is 1180. The summed E-state index contributed by atoms with van der Waals surface area (Å²) in [4.78, 5) is 40.1. The predicted molar refractivity (Wildman–Crippen MR) is 129 cm³/mol. The van der Waals surface area contributed by atoms with Crippen LogP contribution in [0.15, 0.2) is 53.9 Å². The van der Waals surface area contributed by atoms with Crippen molar-refractivity contribution in [3.63, 3.8) is 0 Å². The van der Waals surface area contributed by atoms with Crippen LogP contribution in [0.1, 0.15) is 47.8 Å². The van der Waals surface area contributed by atoms with Crippen LogP contribution < -0.4 is 10.6 Å². The molecule has 0 unspecified atom stereocenters. The first kappa shape index (κ1) is 23.4. The van der Waals surface area contributed by atoms with Crippen LogP contribution >= 0.6 is 11.3 Å². The quantitative estimate of drug-likeness (QED) is 0.430. The van der Waals surface area contributed by atoms with Crippen molar-refractivity contribution in [3.8, 4) is 11.1 Å². The summed E-state index contributed by atoms with van der Waals surface area (Å²) < 4.78 is 5.50. The molecule has 1 aliphatic rings. The Labute approximate surface area is 201 Å². The number of nitrogens with one attached hydrogen (secondary N) is 2. The fourth-order valence-corrected chi connectivity index (χ4v) is 4.72. The third-order valence-corrected chi connectivity index (χ3v) is 6.56. The summed E-state index contributed by atoms with van der Waals surface area (Å²) >= 11 is 1.09. The van der Waals surface area contributed by atoms with Crippen molar-refractivity contribution in [1.82, 2.24) is 10.3 Å². The number of amides is 2. The molecule has 0 saturated carbocycles. The summed E-state index contributed by atoms with van der Waals surface area (Å²) in [6.07, 6.45) is -0.840. The molecule has 1 heterocycles. The van der Waals surface area contributed by atoms with Crippen molar-refractivity contribution in [2.24, 2.45) is 5.92 Å². The zero-order valence-corrected chi connectivity index (χ0v) is 19.6. The van der Waals surface area contributed by atoms with Crippen LogP contribution in [0.25, 0.3) is 11.1 Å². The van der Waals surface area contributed by atoms with Gasteiger partial charge in [0.2, 0.25) is 0 Å². The highest BCUT2D eigenvalue weighted by Crippen LogP contribution is 2.44. The summed E-state index contributed by atoms with van der Waals surface area (Å²) in [7, 11) is 0. The zero-order valence-electron chi connectivity index (χ0n) is 18.8. The van der Waals surface area contributed by atoms with E-state index >= 15 is 0 Å². The maximum atomic E-state index is 12.5. The molecule has 1 atom stereocenters. The lowest BCUT2D eigenvalue weighted by molar-refractivity contribution is -0.137. The second kappa shape index (κ2) is 10.0. The Morgan fingerprint density at radius 3 is 2.26 bits per heavy atom. The first-order valence-corrected chi connectivity index (χ1v) is 11.8. The number of benzene rings is 2. The van der Waals surface area contributed by atoms with Crippen molar-refractivity contribution in [1.29, 1.82) is 0 Å². The van der Waals surface area contributed by atoms with Crippen LogP contribution in [0, 0.1) is 5.92 Å². The van der Waals surface area contributed by atoms with Crippen molar-refractivity contribution in [2.45, 2.75) is 32.2 Å². The molecule has 8 nitrogen and oxygen atoms in total. The molecule has 0 bridgehead atoms. The summed E-state index contributed by atoms with van der Waals surface area (Å²) in [6, 6.07) is 15.6. The molecule has 2 amide bonds. The van der Waals surface area contributed by atoms with E-state index in [2.05, 4.69) is 27.8 Å². The van der Waals surface area contributed by atoms with Crippen LogP contribution in [0.2, 0.25) is 0 Å². The number of carboxylic acid groups (broad SMARTS) is 1. The van der Waals surface area contributed by atoms with E-state index in [1.807, 2.05) is 50.2 Å². The average molecular weight is 480 g/mol. The number of carbonyl (C=O) groups is 3. The third kappa shape index (κ3) is 5.09. The lowest BCUT2D eigenvalue weighted by Gasteiger charge is -2.19. The second-order valence-electron chi connectivity index (χ2n) is 8.41. The van der Waals surface area contributed by atoms with E-state index in [9.17, 15) is 14.4 Å². The van der Waals surface area contributed by atoms with E-state index in [0.29, 0.717) is 0 Å². The monoisotopic (exact) mass is 479 g/mol. The minimum absolute atomic E-state index is 0.0574. The molecular formula is C25H25N3O5S. The summed E-state index contributed by atoms with van der Waals surface area (Å²) in [5.41, 5.74) is 4.63. The van der Waals surface area contributed by atoms with Crippen LogP contribution in [0.5, 0.6) is 0 Å². The molecule has 0 radical (unpaired) electrons. The molecule has 1 aliphatic carbocycles. The van der Waals surface area contributed by atoms with Gasteiger partial charge in [0.1, 0.15) is 12.3 Å². The van der Waals surface area contributed by atoms with Gasteiger partial charge < -0.3 is 15.2 Å². The van der Waals surface area contributed by atoms with Gasteiger partial charge in [-0.15, -0.1) is 11.3 Å². The Balaban J connectivity index is 1.36. The van der Waals surface area contributed by atoms with Gasteiger partial charge in [-0.2, -0.15) is 0 Å². The smallest absolute Gasteiger partial charge is 0.413 e.